The Balaban J connectivity index is 1.11. The highest BCUT2D eigenvalue weighted by Crippen LogP contribution is 2.48. The van der Waals surface area contributed by atoms with Crippen molar-refractivity contribution in [2.24, 2.45) is 10.6 Å². The number of carbonyl (C=O) groups is 1. The predicted octanol–water partition coefficient (Wildman–Crippen LogP) is 5.10. The van der Waals surface area contributed by atoms with Crippen LogP contribution in [0.25, 0.3) is 11.1 Å². The van der Waals surface area contributed by atoms with Crippen LogP contribution in [0.15, 0.2) is 47.6 Å². The summed E-state index contributed by atoms with van der Waals surface area (Å²) in [7, 11) is 0. The lowest BCUT2D eigenvalue weighted by Crippen LogP contribution is -2.61. The molecule has 3 fully saturated rings. The molecule has 6 rings (SSSR count). The maximum Gasteiger partial charge on any atom is 0.309 e. The molecule has 37 heavy (non-hydrogen) atoms. The minimum absolute atomic E-state index is 0.241. The number of hydrogen-bond donors (Lipinski definition) is 1. The van der Waals surface area contributed by atoms with Gasteiger partial charge in [-0.3, -0.25) is 9.69 Å². The number of benzene rings is 2. The van der Waals surface area contributed by atoms with E-state index in [2.05, 4.69) is 64.3 Å². The Hall–Kier alpha value is -3.06. The first-order valence-corrected chi connectivity index (χ1v) is 13.7. The van der Waals surface area contributed by atoms with E-state index in [1.54, 1.807) is 0 Å². The molecule has 1 spiro atoms. The molecule has 0 unspecified atom stereocenters. The van der Waals surface area contributed by atoms with E-state index < -0.39 is 11.4 Å². The van der Waals surface area contributed by atoms with E-state index in [4.69, 9.17) is 9.57 Å². The molecule has 2 aromatic carbocycles. The second-order valence-electron chi connectivity index (χ2n) is 11.6. The van der Waals surface area contributed by atoms with E-state index in [1.165, 1.54) is 35.1 Å². The first-order valence-electron chi connectivity index (χ1n) is 13.7. The molecule has 1 aliphatic carbocycles. The molecule has 1 saturated carbocycles. The number of amidine groups is 1. The molecule has 2 saturated heterocycles. The SMILES string of the molecule is CCOc1cc(CN2CC3(CC(N4CCC(C)(C(=O)O)CC4)=NO3)C2)cc(C2CC2)c1-c1ccccc1. The summed E-state index contributed by atoms with van der Waals surface area (Å²) in [5.41, 5.74) is 4.33. The normalized spacial score (nSPS) is 22.3. The fourth-order valence-electron chi connectivity index (χ4n) is 6.14. The van der Waals surface area contributed by atoms with Gasteiger partial charge in [0.2, 0.25) is 0 Å². The summed E-state index contributed by atoms with van der Waals surface area (Å²) in [5.74, 6) is 1.90. The van der Waals surface area contributed by atoms with E-state index in [-0.39, 0.29) is 5.60 Å². The molecule has 0 amide bonds. The number of oxime groups is 1. The average Bonchev–Trinajstić information content (AvgIpc) is 3.63. The maximum atomic E-state index is 11.6. The Bertz CT molecular complexity index is 1190. The zero-order valence-electron chi connectivity index (χ0n) is 21.9. The highest BCUT2D eigenvalue weighted by molar-refractivity contribution is 5.85. The number of likely N-dealkylation sites (tertiary alicyclic amines) is 2. The minimum Gasteiger partial charge on any atom is -0.493 e. The van der Waals surface area contributed by atoms with Crippen LogP contribution in [-0.2, 0) is 16.2 Å². The van der Waals surface area contributed by atoms with Gasteiger partial charge in [-0.1, -0.05) is 41.6 Å². The van der Waals surface area contributed by atoms with E-state index in [9.17, 15) is 9.90 Å². The molecular weight excluding hydrogens is 466 g/mol. The summed E-state index contributed by atoms with van der Waals surface area (Å²) in [6.45, 7) is 8.57. The van der Waals surface area contributed by atoms with Crippen molar-refractivity contribution in [2.45, 2.75) is 64.0 Å². The molecule has 0 aromatic heterocycles. The molecule has 0 radical (unpaired) electrons. The van der Waals surface area contributed by atoms with Crippen LogP contribution in [0.5, 0.6) is 5.75 Å². The van der Waals surface area contributed by atoms with Crippen LogP contribution in [0.4, 0.5) is 0 Å². The standard InChI is InChI=1S/C30H37N3O4/c1-3-36-25-16-21(15-24(22-9-10-22)27(25)23-7-5-4-6-8-23)18-32-19-30(20-32)17-26(31-37-30)33-13-11-29(2,12-14-33)28(34)35/h4-8,15-16,22H,3,9-14,17-20H2,1-2H3,(H,34,35). The van der Waals surface area contributed by atoms with Gasteiger partial charge in [0.1, 0.15) is 11.6 Å². The molecule has 0 atom stereocenters. The molecule has 196 valence electrons. The summed E-state index contributed by atoms with van der Waals surface area (Å²) in [6, 6.07) is 15.3. The van der Waals surface area contributed by atoms with Crippen molar-refractivity contribution in [3.8, 4) is 16.9 Å². The first kappa shape index (κ1) is 24.3. The fourth-order valence-corrected chi connectivity index (χ4v) is 6.14. The lowest BCUT2D eigenvalue weighted by Gasteiger charge is -2.45. The Morgan fingerprint density at radius 3 is 2.54 bits per heavy atom. The van der Waals surface area contributed by atoms with Crippen molar-refractivity contribution in [1.82, 2.24) is 9.80 Å². The number of rotatable bonds is 7. The summed E-state index contributed by atoms with van der Waals surface area (Å²) in [6.07, 6.45) is 4.59. The fraction of sp³-hybridized carbons (Fsp3) is 0.533. The second-order valence-corrected chi connectivity index (χ2v) is 11.6. The third-order valence-corrected chi connectivity index (χ3v) is 8.57. The van der Waals surface area contributed by atoms with Gasteiger partial charge in [0.05, 0.1) is 18.4 Å². The second kappa shape index (κ2) is 9.35. The molecule has 7 nitrogen and oxygen atoms in total. The summed E-state index contributed by atoms with van der Waals surface area (Å²) < 4.78 is 6.18. The van der Waals surface area contributed by atoms with Crippen LogP contribution in [-0.4, -0.2) is 65.1 Å². The van der Waals surface area contributed by atoms with Crippen LogP contribution in [0, 0.1) is 5.41 Å². The Labute approximate surface area is 219 Å². The van der Waals surface area contributed by atoms with Gasteiger partial charge in [0, 0.05) is 38.3 Å². The zero-order valence-corrected chi connectivity index (χ0v) is 21.9. The highest BCUT2D eigenvalue weighted by atomic mass is 16.7. The van der Waals surface area contributed by atoms with E-state index in [0.717, 1.165) is 50.7 Å². The van der Waals surface area contributed by atoms with Crippen molar-refractivity contribution in [1.29, 1.82) is 0 Å². The van der Waals surface area contributed by atoms with Gasteiger partial charge in [0.15, 0.2) is 5.60 Å². The molecule has 4 aliphatic rings. The largest absolute Gasteiger partial charge is 0.493 e. The van der Waals surface area contributed by atoms with E-state index in [1.807, 2.05) is 6.92 Å². The van der Waals surface area contributed by atoms with Crippen LogP contribution in [0.2, 0.25) is 0 Å². The molecule has 7 heteroatoms. The van der Waals surface area contributed by atoms with Gasteiger partial charge >= 0.3 is 5.97 Å². The Morgan fingerprint density at radius 1 is 1.16 bits per heavy atom. The molecular formula is C30H37N3O4. The Morgan fingerprint density at radius 2 is 1.89 bits per heavy atom. The molecule has 0 bridgehead atoms. The van der Waals surface area contributed by atoms with Crippen LogP contribution in [0.3, 0.4) is 0 Å². The number of aliphatic carboxylic acids is 1. The number of piperidine rings is 1. The maximum absolute atomic E-state index is 11.6. The quantitative estimate of drug-likeness (QED) is 0.566. The lowest BCUT2D eigenvalue weighted by atomic mass is 9.80. The first-order chi connectivity index (χ1) is 17.9. The van der Waals surface area contributed by atoms with Crippen LogP contribution < -0.4 is 4.74 Å². The van der Waals surface area contributed by atoms with Crippen LogP contribution >= 0.6 is 0 Å². The van der Waals surface area contributed by atoms with Crippen molar-refractivity contribution in [3.63, 3.8) is 0 Å². The van der Waals surface area contributed by atoms with Crippen LogP contribution in [0.1, 0.15) is 63.0 Å². The van der Waals surface area contributed by atoms with Crippen molar-refractivity contribution < 1.29 is 19.5 Å². The number of carboxylic acid groups (broad SMARTS) is 1. The number of carboxylic acids is 1. The molecule has 2 aromatic rings. The van der Waals surface area contributed by atoms with Crippen molar-refractivity contribution in [2.75, 3.05) is 32.8 Å². The van der Waals surface area contributed by atoms with Gasteiger partial charge in [-0.2, -0.15) is 0 Å². The predicted molar refractivity (Wildman–Crippen MR) is 143 cm³/mol. The van der Waals surface area contributed by atoms with E-state index >= 15 is 0 Å². The monoisotopic (exact) mass is 503 g/mol. The van der Waals surface area contributed by atoms with Crippen molar-refractivity contribution >= 4 is 11.8 Å². The van der Waals surface area contributed by atoms with Gasteiger partial charge in [0.25, 0.3) is 0 Å². The van der Waals surface area contributed by atoms with Gasteiger partial charge in [-0.05, 0) is 68.2 Å². The molecule has 3 aliphatic heterocycles. The zero-order chi connectivity index (χ0) is 25.6. The van der Waals surface area contributed by atoms with Crippen molar-refractivity contribution in [3.05, 3.63) is 53.6 Å². The summed E-state index contributed by atoms with van der Waals surface area (Å²) >= 11 is 0. The average molecular weight is 504 g/mol. The topological polar surface area (TPSA) is 74.6 Å². The minimum atomic E-state index is -0.697. The number of nitrogens with zero attached hydrogens (tertiary/aromatic N) is 3. The van der Waals surface area contributed by atoms with Gasteiger partial charge in [-0.25, -0.2) is 0 Å². The summed E-state index contributed by atoms with van der Waals surface area (Å²) in [4.78, 5) is 22.2. The lowest BCUT2D eigenvalue weighted by molar-refractivity contribution is -0.150. The summed E-state index contributed by atoms with van der Waals surface area (Å²) in [5, 5.41) is 14.0. The van der Waals surface area contributed by atoms with E-state index in [0.29, 0.717) is 25.4 Å². The third kappa shape index (κ3) is 4.70. The Kier molecular flexibility index (Phi) is 6.14. The number of hydrogen-bond acceptors (Lipinski definition) is 6. The molecule has 3 heterocycles. The number of ether oxygens (including phenoxy) is 1. The smallest absolute Gasteiger partial charge is 0.309 e. The molecule has 1 N–H and O–H groups in total. The van der Waals surface area contributed by atoms with Gasteiger partial charge in [-0.15, -0.1) is 0 Å². The highest BCUT2D eigenvalue weighted by Gasteiger charge is 2.51. The van der Waals surface area contributed by atoms with Gasteiger partial charge < -0.3 is 19.6 Å². The third-order valence-electron chi connectivity index (χ3n) is 8.57.